The van der Waals surface area contributed by atoms with Crippen LogP contribution in [0, 0.1) is 24.0 Å². The predicted molar refractivity (Wildman–Crippen MR) is 98.2 cm³/mol. The number of rotatable bonds is 4. The van der Waals surface area contributed by atoms with Gasteiger partial charge in [-0.2, -0.15) is 5.10 Å². The van der Waals surface area contributed by atoms with E-state index in [1.54, 1.807) is 25.1 Å². The van der Waals surface area contributed by atoms with Crippen LogP contribution < -0.4 is 10.7 Å². The Morgan fingerprint density at radius 2 is 1.93 bits per heavy atom. The fraction of sp³-hybridized carbons (Fsp3) is 0.111. The molecule has 1 aromatic carbocycles. The van der Waals surface area contributed by atoms with E-state index in [9.17, 15) is 19.7 Å². The quantitative estimate of drug-likeness (QED) is 0.560. The molecule has 0 saturated heterocycles. The van der Waals surface area contributed by atoms with Crippen LogP contribution in [-0.2, 0) is 0 Å². The van der Waals surface area contributed by atoms with Crippen molar-refractivity contribution in [1.82, 2.24) is 14.8 Å². The summed E-state index contributed by atoms with van der Waals surface area (Å²) in [5.74, 6) is -0.468. The van der Waals surface area contributed by atoms with E-state index in [1.807, 2.05) is 6.92 Å². The molecule has 0 atom stereocenters. The minimum atomic E-state index is -0.745. The molecule has 27 heavy (non-hydrogen) atoms. The molecular weight excluding hydrogens is 350 g/mol. The van der Waals surface area contributed by atoms with Gasteiger partial charge in [-0.15, -0.1) is 0 Å². The van der Waals surface area contributed by atoms with E-state index in [0.29, 0.717) is 5.69 Å². The number of carbonyl (C=O) groups is 1. The van der Waals surface area contributed by atoms with Crippen molar-refractivity contribution < 1.29 is 9.72 Å². The Hall–Kier alpha value is -3.88. The number of nitrogens with one attached hydrogen (secondary N) is 1. The zero-order valence-electron chi connectivity index (χ0n) is 14.5. The van der Waals surface area contributed by atoms with Crippen molar-refractivity contribution in [3.8, 4) is 5.69 Å². The average Bonchev–Trinajstić information content (AvgIpc) is 2.61. The van der Waals surface area contributed by atoms with Crippen molar-refractivity contribution in [2.24, 2.45) is 0 Å². The first-order valence-corrected chi connectivity index (χ1v) is 7.95. The monoisotopic (exact) mass is 365 g/mol. The molecule has 1 N–H and O–H groups in total. The Bertz CT molecular complexity index is 1110. The topological polar surface area (TPSA) is 120 Å². The molecule has 1 amide bonds. The van der Waals surface area contributed by atoms with Gasteiger partial charge in [0.05, 0.1) is 4.92 Å². The number of nitrogens with zero attached hydrogens (tertiary/aromatic N) is 4. The van der Waals surface area contributed by atoms with Crippen molar-refractivity contribution in [2.45, 2.75) is 13.8 Å². The number of benzene rings is 1. The van der Waals surface area contributed by atoms with Crippen molar-refractivity contribution in [1.29, 1.82) is 0 Å². The van der Waals surface area contributed by atoms with Crippen LogP contribution in [0.3, 0.4) is 0 Å². The summed E-state index contributed by atoms with van der Waals surface area (Å²) in [5.41, 5.74) is 0.231. The molecule has 3 rings (SSSR count). The van der Waals surface area contributed by atoms with E-state index in [0.717, 1.165) is 5.56 Å². The second-order valence-corrected chi connectivity index (χ2v) is 5.83. The zero-order chi connectivity index (χ0) is 19.6. The number of amides is 1. The Labute approximate surface area is 153 Å². The molecule has 9 nitrogen and oxygen atoms in total. The number of nitro groups is 1. The number of para-hydroxylation sites is 2. The molecule has 0 spiro atoms. The number of anilines is 1. The highest BCUT2D eigenvalue weighted by Gasteiger charge is 2.20. The fourth-order valence-corrected chi connectivity index (χ4v) is 2.53. The van der Waals surface area contributed by atoms with E-state index >= 15 is 0 Å². The minimum Gasteiger partial charge on any atom is -0.305 e. The molecule has 2 heterocycles. The van der Waals surface area contributed by atoms with Crippen LogP contribution in [0.4, 0.5) is 11.5 Å². The normalized spacial score (nSPS) is 10.4. The maximum Gasteiger partial charge on any atom is 0.294 e. The van der Waals surface area contributed by atoms with Gasteiger partial charge in [-0.1, -0.05) is 12.1 Å². The molecule has 0 bridgehead atoms. The summed E-state index contributed by atoms with van der Waals surface area (Å²) in [7, 11) is 0. The minimum absolute atomic E-state index is 0.155. The van der Waals surface area contributed by atoms with Gasteiger partial charge in [-0.3, -0.25) is 19.7 Å². The standard InChI is InChI=1S/C18H15N5O4/c1-11-7-8-19-16(9-11)20-18(25)17-15(24)10-12(2)22(21-17)13-5-3-4-6-14(13)23(26)27/h3-10H,1-2H3,(H,19,20,25). The molecule has 0 radical (unpaired) electrons. The third kappa shape index (κ3) is 3.71. The molecule has 0 fully saturated rings. The number of aryl methyl sites for hydroxylation is 2. The van der Waals surface area contributed by atoms with Crippen LogP contribution in [0.2, 0.25) is 0 Å². The highest BCUT2D eigenvalue weighted by atomic mass is 16.6. The molecule has 0 saturated carbocycles. The number of hydrogen-bond donors (Lipinski definition) is 1. The Balaban J connectivity index is 2.06. The van der Waals surface area contributed by atoms with Crippen molar-refractivity contribution in [3.05, 3.63) is 86.0 Å². The predicted octanol–water partition coefficient (Wildman–Crippen LogP) is 2.40. The van der Waals surface area contributed by atoms with Gasteiger partial charge in [0, 0.05) is 24.0 Å². The first kappa shape index (κ1) is 17.9. The number of nitro benzene ring substituents is 1. The van der Waals surface area contributed by atoms with E-state index in [-0.39, 0.29) is 22.9 Å². The van der Waals surface area contributed by atoms with Crippen LogP contribution in [0.15, 0.2) is 53.5 Å². The molecule has 0 aliphatic rings. The van der Waals surface area contributed by atoms with E-state index in [4.69, 9.17) is 0 Å². The smallest absolute Gasteiger partial charge is 0.294 e. The van der Waals surface area contributed by atoms with Crippen LogP contribution in [-0.4, -0.2) is 25.6 Å². The Morgan fingerprint density at radius 3 is 2.63 bits per heavy atom. The number of aromatic nitrogens is 3. The molecule has 136 valence electrons. The van der Waals surface area contributed by atoms with E-state index in [1.165, 1.54) is 35.1 Å². The van der Waals surface area contributed by atoms with Gasteiger partial charge in [0.15, 0.2) is 5.69 Å². The van der Waals surface area contributed by atoms with Crippen LogP contribution in [0.1, 0.15) is 21.7 Å². The van der Waals surface area contributed by atoms with Crippen LogP contribution >= 0.6 is 0 Å². The van der Waals surface area contributed by atoms with Gasteiger partial charge in [0.2, 0.25) is 5.43 Å². The van der Waals surface area contributed by atoms with E-state index < -0.39 is 16.3 Å². The van der Waals surface area contributed by atoms with Gasteiger partial charge >= 0.3 is 0 Å². The maximum atomic E-state index is 12.5. The summed E-state index contributed by atoms with van der Waals surface area (Å²) in [6.45, 7) is 3.41. The Morgan fingerprint density at radius 1 is 1.19 bits per heavy atom. The van der Waals surface area contributed by atoms with Crippen molar-refractivity contribution in [2.75, 3.05) is 5.32 Å². The third-order valence-corrected chi connectivity index (χ3v) is 3.79. The van der Waals surface area contributed by atoms with Gasteiger partial charge in [-0.05, 0) is 37.6 Å². The fourth-order valence-electron chi connectivity index (χ4n) is 2.53. The van der Waals surface area contributed by atoms with Gasteiger partial charge in [0.25, 0.3) is 11.6 Å². The first-order chi connectivity index (χ1) is 12.9. The lowest BCUT2D eigenvalue weighted by Gasteiger charge is -2.11. The largest absolute Gasteiger partial charge is 0.305 e. The number of pyridine rings is 1. The maximum absolute atomic E-state index is 12.5. The van der Waals surface area contributed by atoms with Gasteiger partial charge in [0.1, 0.15) is 11.5 Å². The summed E-state index contributed by atoms with van der Waals surface area (Å²) >= 11 is 0. The lowest BCUT2D eigenvalue weighted by atomic mass is 10.2. The van der Waals surface area contributed by atoms with Crippen molar-refractivity contribution >= 4 is 17.4 Å². The molecule has 0 unspecified atom stereocenters. The third-order valence-electron chi connectivity index (χ3n) is 3.79. The summed E-state index contributed by atoms with van der Waals surface area (Å²) in [6, 6.07) is 10.6. The summed E-state index contributed by atoms with van der Waals surface area (Å²) in [6.07, 6.45) is 1.53. The second-order valence-electron chi connectivity index (χ2n) is 5.83. The summed E-state index contributed by atoms with van der Waals surface area (Å²) in [4.78, 5) is 39.5. The lowest BCUT2D eigenvalue weighted by Crippen LogP contribution is -2.27. The molecule has 9 heteroatoms. The summed E-state index contributed by atoms with van der Waals surface area (Å²) in [5, 5.41) is 17.9. The second kappa shape index (κ2) is 7.16. The zero-order valence-corrected chi connectivity index (χ0v) is 14.5. The first-order valence-electron chi connectivity index (χ1n) is 7.95. The Kier molecular flexibility index (Phi) is 4.75. The van der Waals surface area contributed by atoms with Crippen LogP contribution in [0.25, 0.3) is 5.69 Å². The average molecular weight is 365 g/mol. The van der Waals surface area contributed by atoms with E-state index in [2.05, 4.69) is 15.4 Å². The van der Waals surface area contributed by atoms with Crippen LogP contribution in [0.5, 0.6) is 0 Å². The SMILES string of the molecule is Cc1ccnc(NC(=O)c2nn(-c3ccccc3[N+](=O)[O-])c(C)cc2=O)c1. The van der Waals surface area contributed by atoms with Crippen molar-refractivity contribution in [3.63, 3.8) is 0 Å². The molecule has 0 aliphatic carbocycles. The van der Waals surface area contributed by atoms with Gasteiger partial charge in [-0.25, -0.2) is 9.67 Å². The van der Waals surface area contributed by atoms with Gasteiger partial charge < -0.3 is 5.32 Å². The molecular formula is C18H15N5O4. The molecule has 2 aromatic heterocycles. The lowest BCUT2D eigenvalue weighted by molar-refractivity contribution is -0.384. The molecule has 3 aromatic rings. The number of carbonyl (C=O) groups excluding carboxylic acids is 1. The summed E-state index contributed by atoms with van der Waals surface area (Å²) < 4.78 is 1.21. The molecule has 0 aliphatic heterocycles. The highest BCUT2D eigenvalue weighted by molar-refractivity contribution is 6.02. The highest BCUT2D eigenvalue weighted by Crippen LogP contribution is 2.22. The number of hydrogen-bond acceptors (Lipinski definition) is 6.